The number of benzene rings is 2. The van der Waals surface area contributed by atoms with Gasteiger partial charge in [-0.3, -0.25) is 4.57 Å². The smallest absolute Gasteiger partial charge is 0.232 e. The zero-order valence-electron chi connectivity index (χ0n) is 19.3. The van der Waals surface area contributed by atoms with Gasteiger partial charge in [0.25, 0.3) is 0 Å². The van der Waals surface area contributed by atoms with E-state index in [0.29, 0.717) is 51.7 Å². The molecule has 0 amide bonds. The van der Waals surface area contributed by atoms with Crippen molar-refractivity contribution in [1.82, 2.24) is 29.5 Å². The van der Waals surface area contributed by atoms with Crippen LogP contribution in [0.3, 0.4) is 0 Å². The lowest BCUT2D eigenvalue weighted by molar-refractivity contribution is 0.324. The summed E-state index contributed by atoms with van der Waals surface area (Å²) in [5, 5.41) is 6.45. The van der Waals surface area contributed by atoms with Crippen LogP contribution in [0.2, 0.25) is 0 Å². The Balaban J connectivity index is 1.63. The summed E-state index contributed by atoms with van der Waals surface area (Å²) in [4.78, 5) is 22.1. The standard InChI is InChI=1S/C24H22N8O3/c1-33-17-11-15(12-18(34-2)21(17)35-3)28-22-20-23(32(14-27-20)16-7-5-4-6-8-16)31-24(30-22)29-19-9-10-25-13-26-19/h4-14H,1-3H3,(H2,25,26,28,29,30,31). The Bertz CT molecular complexity index is 1430. The van der Waals surface area contributed by atoms with E-state index in [0.717, 1.165) is 5.69 Å². The van der Waals surface area contributed by atoms with E-state index in [1.807, 2.05) is 34.9 Å². The highest BCUT2D eigenvalue weighted by molar-refractivity contribution is 5.88. The van der Waals surface area contributed by atoms with Crippen molar-refractivity contribution >= 4 is 34.4 Å². The lowest BCUT2D eigenvalue weighted by Crippen LogP contribution is -2.05. The van der Waals surface area contributed by atoms with Crippen LogP contribution in [-0.2, 0) is 0 Å². The first-order chi connectivity index (χ1) is 17.2. The number of fused-ring (bicyclic) bond motifs is 1. The molecule has 0 aliphatic heterocycles. The van der Waals surface area contributed by atoms with Gasteiger partial charge in [-0.1, -0.05) is 18.2 Å². The molecule has 176 valence electrons. The molecule has 0 unspecified atom stereocenters. The fourth-order valence-electron chi connectivity index (χ4n) is 3.59. The molecule has 0 atom stereocenters. The van der Waals surface area contributed by atoms with E-state index < -0.39 is 0 Å². The Morgan fingerprint density at radius 1 is 0.829 bits per heavy atom. The topological polar surface area (TPSA) is 121 Å². The summed E-state index contributed by atoms with van der Waals surface area (Å²) in [6, 6.07) is 15.1. The molecule has 0 spiro atoms. The second-order valence-electron chi connectivity index (χ2n) is 7.28. The average Bonchev–Trinajstić information content (AvgIpc) is 3.33. The molecule has 0 saturated heterocycles. The van der Waals surface area contributed by atoms with Gasteiger partial charge in [0.1, 0.15) is 18.5 Å². The maximum atomic E-state index is 5.49. The van der Waals surface area contributed by atoms with E-state index in [4.69, 9.17) is 19.2 Å². The van der Waals surface area contributed by atoms with Crippen molar-refractivity contribution < 1.29 is 14.2 Å². The number of rotatable bonds is 8. The van der Waals surface area contributed by atoms with Gasteiger partial charge in [-0.2, -0.15) is 9.97 Å². The fourth-order valence-corrected chi connectivity index (χ4v) is 3.59. The average molecular weight is 470 g/mol. The Morgan fingerprint density at radius 3 is 2.26 bits per heavy atom. The predicted molar refractivity (Wildman–Crippen MR) is 131 cm³/mol. The van der Waals surface area contributed by atoms with Crippen LogP contribution in [0, 0.1) is 0 Å². The molecule has 0 fully saturated rings. The van der Waals surface area contributed by atoms with Gasteiger partial charge >= 0.3 is 0 Å². The number of hydrogen-bond donors (Lipinski definition) is 2. The number of anilines is 4. The lowest BCUT2D eigenvalue weighted by atomic mass is 10.2. The third-order valence-corrected chi connectivity index (χ3v) is 5.18. The zero-order valence-corrected chi connectivity index (χ0v) is 19.3. The lowest BCUT2D eigenvalue weighted by Gasteiger charge is -2.15. The normalized spacial score (nSPS) is 10.7. The zero-order chi connectivity index (χ0) is 24.2. The van der Waals surface area contributed by atoms with E-state index in [-0.39, 0.29) is 0 Å². The van der Waals surface area contributed by atoms with E-state index in [2.05, 4.69) is 30.6 Å². The van der Waals surface area contributed by atoms with Crippen molar-refractivity contribution in [2.24, 2.45) is 0 Å². The number of aromatic nitrogens is 6. The minimum Gasteiger partial charge on any atom is -0.493 e. The van der Waals surface area contributed by atoms with Crippen LogP contribution in [0.1, 0.15) is 0 Å². The molecule has 3 aromatic heterocycles. The van der Waals surface area contributed by atoms with Crippen LogP contribution in [-0.4, -0.2) is 50.8 Å². The summed E-state index contributed by atoms with van der Waals surface area (Å²) in [5.41, 5.74) is 2.77. The van der Waals surface area contributed by atoms with Gasteiger partial charge < -0.3 is 24.8 Å². The quantitative estimate of drug-likeness (QED) is 0.342. The number of ether oxygens (including phenoxy) is 3. The molecule has 5 rings (SSSR count). The second kappa shape index (κ2) is 9.51. The van der Waals surface area contributed by atoms with Gasteiger partial charge in [-0.05, 0) is 18.2 Å². The number of methoxy groups -OCH3 is 3. The number of imidazole rings is 1. The van der Waals surface area contributed by atoms with Crippen molar-refractivity contribution in [3.05, 3.63) is 67.4 Å². The van der Waals surface area contributed by atoms with E-state index >= 15 is 0 Å². The molecule has 11 heteroatoms. The molecule has 0 saturated carbocycles. The first-order valence-corrected chi connectivity index (χ1v) is 10.6. The van der Waals surface area contributed by atoms with Gasteiger partial charge in [0.05, 0.1) is 21.3 Å². The van der Waals surface area contributed by atoms with Gasteiger partial charge in [-0.15, -0.1) is 0 Å². The van der Waals surface area contributed by atoms with Crippen LogP contribution in [0.15, 0.2) is 67.4 Å². The van der Waals surface area contributed by atoms with Crippen LogP contribution in [0.5, 0.6) is 17.2 Å². The Hall–Kier alpha value is -4.93. The first kappa shape index (κ1) is 21.9. The van der Waals surface area contributed by atoms with Gasteiger partial charge in [-0.25, -0.2) is 15.0 Å². The van der Waals surface area contributed by atoms with E-state index in [1.54, 1.807) is 52.1 Å². The van der Waals surface area contributed by atoms with Crippen LogP contribution >= 0.6 is 0 Å². The summed E-state index contributed by atoms with van der Waals surface area (Å²) in [6.45, 7) is 0. The Labute approximate surface area is 200 Å². The molecule has 0 bridgehead atoms. The van der Waals surface area contributed by atoms with Gasteiger partial charge in [0.15, 0.2) is 28.5 Å². The minimum absolute atomic E-state index is 0.337. The molecular formula is C24H22N8O3. The van der Waals surface area contributed by atoms with Gasteiger partial charge in [0.2, 0.25) is 11.7 Å². The minimum atomic E-state index is 0.337. The van der Waals surface area contributed by atoms with Crippen LogP contribution in [0.25, 0.3) is 16.9 Å². The number of nitrogens with zero attached hydrogens (tertiary/aromatic N) is 6. The molecule has 0 aliphatic carbocycles. The van der Waals surface area contributed by atoms with Crippen molar-refractivity contribution in [3.63, 3.8) is 0 Å². The number of para-hydroxylation sites is 1. The molecule has 35 heavy (non-hydrogen) atoms. The van der Waals surface area contributed by atoms with Crippen molar-refractivity contribution in [2.45, 2.75) is 0 Å². The maximum Gasteiger partial charge on any atom is 0.232 e. The molecule has 2 N–H and O–H groups in total. The van der Waals surface area contributed by atoms with E-state index in [1.165, 1.54) is 6.33 Å². The molecule has 5 aromatic rings. The van der Waals surface area contributed by atoms with Gasteiger partial charge in [0, 0.05) is 29.7 Å². The highest BCUT2D eigenvalue weighted by atomic mass is 16.5. The summed E-state index contributed by atoms with van der Waals surface area (Å²) in [6.07, 6.45) is 4.80. The molecule has 2 aromatic carbocycles. The third kappa shape index (κ3) is 4.34. The van der Waals surface area contributed by atoms with Crippen molar-refractivity contribution in [2.75, 3.05) is 32.0 Å². The van der Waals surface area contributed by atoms with Crippen molar-refractivity contribution in [3.8, 4) is 22.9 Å². The summed E-state index contributed by atoms with van der Waals surface area (Å²) in [5.74, 6) is 2.89. The largest absolute Gasteiger partial charge is 0.493 e. The highest BCUT2D eigenvalue weighted by Gasteiger charge is 2.18. The maximum absolute atomic E-state index is 5.49. The summed E-state index contributed by atoms with van der Waals surface area (Å²) >= 11 is 0. The summed E-state index contributed by atoms with van der Waals surface area (Å²) < 4.78 is 18.3. The molecule has 3 heterocycles. The predicted octanol–water partition coefficient (Wildman–Crippen LogP) is 4.12. The molecular weight excluding hydrogens is 448 g/mol. The highest BCUT2D eigenvalue weighted by Crippen LogP contribution is 2.41. The van der Waals surface area contributed by atoms with E-state index in [9.17, 15) is 0 Å². The van der Waals surface area contributed by atoms with Crippen LogP contribution in [0.4, 0.5) is 23.3 Å². The Kier molecular flexibility index (Phi) is 5.95. The number of hydrogen-bond acceptors (Lipinski definition) is 10. The molecule has 0 radical (unpaired) electrons. The monoisotopic (exact) mass is 470 g/mol. The summed E-state index contributed by atoms with van der Waals surface area (Å²) in [7, 11) is 4.69. The SMILES string of the molecule is COc1cc(Nc2nc(Nc3ccncn3)nc3c2ncn3-c2ccccc2)cc(OC)c1OC. The van der Waals surface area contributed by atoms with Crippen LogP contribution < -0.4 is 24.8 Å². The molecule has 0 aliphatic rings. The fraction of sp³-hybridized carbons (Fsp3) is 0.125. The molecule has 11 nitrogen and oxygen atoms in total. The first-order valence-electron chi connectivity index (χ1n) is 10.6. The third-order valence-electron chi connectivity index (χ3n) is 5.18. The Morgan fingerprint density at radius 2 is 1.60 bits per heavy atom. The second-order valence-corrected chi connectivity index (χ2v) is 7.28. The van der Waals surface area contributed by atoms with Crippen molar-refractivity contribution in [1.29, 1.82) is 0 Å². The number of nitrogens with one attached hydrogen (secondary N) is 2.